The molecule has 3 unspecified atom stereocenters. The van der Waals surface area contributed by atoms with Gasteiger partial charge in [0.1, 0.15) is 6.10 Å². The van der Waals surface area contributed by atoms with E-state index in [1.54, 1.807) is 6.92 Å². The molecule has 0 saturated heterocycles. The Hall–Kier alpha value is -0.410. The summed E-state index contributed by atoms with van der Waals surface area (Å²) in [6.07, 6.45) is -1.46. The smallest absolute Gasteiger partial charge is 0.166 e. The van der Waals surface area contributed by atoms with Gasteiger partial charge in [0.2, 0.25) is 0 Å². The van der Waals surface area contributed by atoms with Crippen molar-refractivity contribution in [3.05, 3.63) is 0 Å². The molecule has 70 valence electrons. The van der Waals surface area contributed by atoms with E-state index < -0.39 is 12.2 Å². The van der Waals surface area contributed by atoms with Gasteiger partial charge in [-0.1, -0.05) is 20.8 Å². The van der Waals surface area contributed by atoms with Gasteiger partial charge in [0.05, 0.1) is 6.10 Å². The molecule has 1 fully saturated rings. The second-order valence-corrected chi connectivity index (χ2v) is 4.39. The Morgan fingerprint density at radius 3 is 2.42 bits per heavy atom. The van der Waals surface area contributed by atoms with E-state index in [0.29, 0.717) is 6.42 Å². The Kier molecular flexibility index (Phi) is 2.27. The molecule has 1 aliphatic carbocycles. The molecule has 0 heterocycles. The van der Waals surface area contributed by atoms with Gasteiger partial charge in [-0.25, -0.2) is 0 Å². The monoisotopic (exact) mass is 172 g/mol. The van der Waals surface area contributed by atoms with Crippen molar-refractivity contribution in [3.8, 4) is 0 Å². The van der Waals surface area contributed by atoms with Crippen LogP contribution in [0.1, 0.15) is 27.2 Å². The second-order valence-electron chi connectivity index (χ2n) is 4.39. The van der Waals surface area contributed by atoms with Crippen molar-refractivity contribution in [3.63, 3.8) is 0 Å². The van der Waals surface area contributed by atoms with E-state index in [1.165, 1.54) is 0 Å². The molecule has 2 N–H and O–H groups in total. The Balaban J connectivity index is 2.85. The molecule has 3 atom stereocenters. The zero-order valence-corrected chi connectivity index (χ0v) is 7.74. The number of ketones is 1. The summed E-state index contributed by atoms with van der Waals surface area (Å²) in [6.45, 7) is 5.52. The van der Waals surface area contributed by atoms with Crippen LogP contribution in [-0.2, 0) is 4.79 Å². The number of hydrogen-bond donors (Lipinski definition) is 2. The molecule has 1 rings (SSSR count). The van der Waals surface area contributed by atoms with Crippen molar-refractivity contribution < 1.29 is 15.0 Å². The van der Waals surface area contributed by atoms with Gasteiger partial charge in [0.15, 0.2) is 5.78 Å². The van der Waals surface area contributed by atoms with Crippen LogP contribution in [-0.4, -0.2) is 28.2 Å². The van der Waals surface area contributed by atoms with Gasteiger partial charge in [0, 0.05) is 5.92 Å². The molecule has 0 aromatic heterocycles. The third-order valence-corrected chi connectivity index (χ3v) is 2.71. The van der Waals surface area contributed by atoms with Crippen molar-refractivity contribution in [1.29, 1.82) is 0 Å². The summed E-state index contributed by atoms with van der Waals surface area (Å²) in [5, 5.41) is 18.9. The van der Waals surface area contributed by atoms with Gasteiger partial charge in [-0.2, -0.15) is 0 Å². The highest BCUT2D eigenvalue weighted by atomic mass is 16.3. The summed E-state index contributed by atoms with van der Waals surface area (Å²) >= 11 is 0. The maximum absolute atomic E-state index is 11.2. The molecular weight excluding hydrogens is 156 g/mol. The minimum Gasteiger partial charge on any atom is -0.389 e. The predicted octanol–water partition coefficient (Wildman–Crippen LogP) is 0.343. The zero-order valence-electron chi connectivity index (χ0n) is 7.74. The van der Waals surface area contributed by atoms with E-state index in [4.69, 9.17) is 0 Å². The number of carbonyl (C=O) groups is 1. The van der Waals surface area contributed by atoms with Gasteiger partial charge in [-0.05, 0) is 11.8 Å². The van der Waals surface area contributed by atoms with Crippen molar-refractivity contribution in [1.82, 2.24) is 0 Å². The lowest BCUT2D eigenvalue weighted by Crippen LogP contribution is -2.51. The number of aliphatic hydroxyl groups is 2. The SMILES string of the molecule is CC1CC(C)(C)C(O)C(O)C1=O. The highest BCUT2D eigenvalue weighted by Gasteiger charge is 2.44. The Morgan fingerprint density at radius 2 is 1.92 bits per heavy atom. The molecule has 3 nitrogen and oxygen atoms in total. The number of rotatable bonds is 0. The normalized spacial score (nSPS) is 41.4. The first-order valence-electron chi connectivity index (χ1n) is 4.26. The summed E-state index contributed by atoms with van der Waals surface area (Å²) in [4.78, 5) is 11.2. The lowest BCUT2D eigenvalue weighted by atomic mass is 9.69. The van der Waals surface area contributed by atoms with Crippen molar-refractivity contribution in [2.75, 3.05) is 0 Å². The zero-order chi connectivity index (χ0) is 9.52. The molecule has 1 aliphatic rings. The van der Waals surface area contributed by atoms with Crippen LogP contribution >= 0.6 is 0 Å². The topological polar surface area (TPSA) is 57.5 Å². The first kappa shape index (κ1) is 9.68. The highest BCUT2D eigenvalue weighted by molar-refractivity contribution is 5.86. The van der Waals surface area contributed by atoms with Crippen molar-refractivity contribution >= 4 is 5.78 Å². The van der Waals surface area contributed by atoms with Crippen LogP contribution < -0.4 is 0 Å². The van der Waals surface area contributed by atoms with Crippen LogP contribution in [0.4, 0.5) is 0 Å². The van der Waals surface area contributed by atoms with E-state index in [9.17, 15) is 15.0 Å². The van der Waals surface area contributed by atoms with E-state index >= 15 is 0 Å². The standard InChI is InChI=1S/C9H16O3/c1-5-4-9(2,3)8(12)7(11)6(5)10/h5,7-8,11-12H,4H2,1-3H3. The van der Waals surface area contributed by atoms with Crippen LogP contribution in [0.5, 0.6) is 0 Å². The molecule has 0 aromatic rings. The van der Waals surface area contributed by atoms with Gasteiger partial charge >= 0.3 is 0 Å². The lowest BCUT2D eigenvalue weighted by Gasteiger charge is -2.40. The fourth-order valence-electron chi connectivity index (χ4n) is 1.88. The molecule has 0 aromatic carbocycles. The Morgan fingerprint density at radius 1 is 1.42 bits per heavy atom. The molecular formula is C9H16O3. The highest BCUT2D eigenvalue weighted by Crippen LogP contribution is 2.36. The lowest BCUT2D eigenvalue weighted by molar-refractivity contribution is -0.153. The van der Waals surface area contributed by atoms with Crippen molar-refractivity contribution in [2.24, 2.45) is 11.3 Å². The van der Waals surface area contributed by atoms with Crippen LogP contribution in [0.25, 0.3) is 0 Å². The van der Waals surface area contributed by atoms with Gasteiger partial charge in [-0.15, -0.1) is 0 Å². The molecule has 0 bridgehead atoms. The molecule has 1 saturated carbocycles. The summed E-state index contributed by atoms with van der Waals surface area (Å²) in [7, 11) is 0. The fraction of sp³-hybridized carbons (Fsp3) is 0.889. The first-order chi connectivity index (χ1) is 5.36. The van der Waals surface area contributed by atoms with Gasteiger partial charge in [-0.3, -0.25) is 4.79 Å². The van der Waals surface area contributed by atoms with E-state index in [0.717, 1.165) is 0 Å². The van der Waals surface area contributed by atoms with E-state index in [2.05, 4.69) is 0 Å². The molecule has 0 radical (unpaired) electrons. The Bertz CT molecular complexity index is 198. The summed E-state index contributed by atoms with van der Waals surface area (Å²) < 4.78 is 0. The number of hydrogen-bond acceptors (Lipinski definition) is 3. The number of carbonyl (C=O) groups excluding carboxylic acids is 1. The first-order valence-corrected chi connectivity index (χ1v) is 4.26. The second kappa shape index (κ2) is 2.82. The van der Waals surface area contributed by atoms with Crippen LogP contribution in [0.15, 0.2) is 0 Å². The average Bonchev–Trinajstić information content (AvgIpc) is 1.97. The molecule has 12 heavy (non-hydrogen) atoms. The van der Waals surface area contributed by atoms with Gasteiger partial charge in [0.25, 0.3) is 0 Å². The van der Waals surface area contributed by atoms with E-state index in [1.807, 2.05) is 13.8 Å². The fourth-order valence-corrected chi connectivity index (χ4v) is 1.88. The summed E-state index contributed by atoms with van der Waals surface area (Å²) in [6, 6.07) is 0. The maximum Gasteiger partial charge on any atom is 0.166 e. The minimum absolute atomic E-state index is 0.140. The number of Topliss-reactive ketones (excluding diaryl/α,β-unsaturated/α-hetero) is 1. The average molecular weight is 172 g/mol. The Labute approximate surface area is 72.4 Å². The molecule has 0 amide bonds. The quantitative estimate of drug-likeness (QED) is 0.554. The van der Waals surface area contributed by atoms with Gasteiger partial charge < -0.3 is 10.2 Å². The predicted molar refractivity (Wildman–Crippen MR) is 44.6 cm³/mol. The molecule has 0 spiro atoms. The summed E-state index contributed by atoms with van der Waals surface area (Å²) in [5.41, 5.74) is -0.354. The molecule has 0 aliphatic heterocycles. The largest absolute Gasteiger partial charge is 0.389 e. The van der Waals surface area contributed by atoms with E-state index in [-0.39, 0.29) is 17.1 Å². The molecule has 3 heteroatoms. The minimum atomic E-state index is -1.19. The third-order valence-electron chi connectivity index (χ3n) is 2.71. The maximum atomic E-state index is 11.2. The number of aliphatic hydroxyl groups excluding tert-OH is 2. The third kappa shape index (κ3) is 1.39. The summed E-state index contributed by atoms with van der Waals surface area (Å²) in [5.74, 6) is -0.375. The van der Waals surface area contributed by atoms with Crippen LogP contribution in [0.2, 0.25) is 0 Å². The van der Waals surface area contributed by atoms with Crippen LogP contribution in [0.3, 0.4) is 0 Å². The van der Waals surface area contributed by atoms with Crippen molar-refractivity contribution in [2.45, 2.75) is 39.4 Å². The van der Waals surface area contributed by atoms with Crippen LogP contribution in [0, 0.1) is 11.3 Å².